The van der Waals surface area contributed by atoms with Gasteiger partial charge in [0, 0.05) is 29.2 Å². The number of aromatic nitrogens is 3. The number of phenols is 1. The molecule has 1 aliphatic heterocycles. The number of hydrogen-bond acceptors (Lipinski definition) is 7. The second kappa shape index (κ2) is 7.28. The summed E-state index contributed by atoms with van der Waals surface area (Å²) >= 11 is 1.55. The zero-order valence-electron chi connectivity index (χ0n) is 15.5. The summed E-state index contributed by atoms with van der Waals surface area (Å²) in [5.74, 6) is 0.570. The van der Waals surface area contributed by atoms with Gasteiger partial charge in [0.15, 0.2) is 5.69 Å². The molecule has 27 heavy (non-hydrogen) atoms. The van der Waals surface area contributed by atoms with Crippen molar-refractivity contribution < 1.29 is 5.11 Å². The van der Waals surface area contributed by atoms with Crippen molar-refractivity contribution in [2.45, 2.75) is 32.4 Å². The van der Waals surface area contributed by atoms with Crippen molar-refractivity contribution >= 4 is 27.4 Å². The Morgan fingerprint density at radius 3 is 2.96 bits per heavy atom. The van der Waals surface area contributed by atoms with Crippen molar-refractivity contribution in [3.8, 4) is 17.0 Å². The quantitative estimate of drug-likeness (QED) is 0.719. The number of hydrogen-bond donors (Lipinski definition) is 2. The lowest BCUT2D eigenvalue weighted by Gasteiger charge is -2.30. The minimum atomic E-state index is -0.246. The van der Waals surface area contributed by atoms with Crippen LogP contribution in [0.5, 0.6) is 5.75 Å². The van der Waals surface area contributed by atoms with E-state index in [9.17, 15) is 9.90 Å². The molecule has 1 fully saturated rings. The Labute approximate surface area is 161 Å². The predicted octanol–water partition coefficient (Wildman–Crippen LogP) is 2.75. The first kappa shape index (κ1) is 17.9. The van der Waals surface area contributed by atoms with E-state index in [2.05, 4.69) is 27.5 Å². The van der Waals surface area contributed by atoms with E-state index in [4.69, 9.17) is 0 Å². The fraction of sp³-hybridized carbons (Fsp3) is 0.421. The molecule has 4 rings (SSSR count). The summed E-state index contributed by atoms with van der Waals surface area (Å²) < 4.78 is 2.56. The van der Waals surface area contributed by atoms with Gasteiger partial charge in [-0.05, 0) is 56.9 Å². The van der Waals surface area contributed by atoms with Crippen LogP contribution in [0.3, 0.4) is 0 Å². The van der Waals surface area contributed by atoms with E-state index in [-0.39, 0.29) is 23.0 Å². The summed E-state index contributed by atoms with van der Waals surface area (Å²) in [6, 6.07) is 5.73. The Hall–Kier alpha value is -2.45. The van der Waals surface area contributed by atoms with Crippen molar-refractivity contribution in [1.82, 2.24) is 19.7 Å². The molecule has 3 aromatic rings. The second-order valence-corrected chi connectivity index (χ2v) is 7.91. The van der Waals surface area contributed by atoms with Gasteiger partial charge in [0.05, 0.1) is 5.56 Å². The van der Waals surface area contributed by atoms with Crippen molar-refractivity contribution in [1.29, 1.82) is 0 Å². The summed E-state index contributed by atoms with van der Waals surface area (Å²) in [4.78, 5) is 15.3. The SMILES string of the molecule is CCn1c(N[C@@H]2CCCN(C)C2)nnc(-c2ccc3sccc3c2O)c1=O. The Morgan fingerprint density at radius 2 is 2.19 bits per heavy atom. The molecule has 2 aromatic heterocycles. The van der Waals surface area contributed by atoms with Crippen LogP contribution in [-0.2, 0) is 6.54 Å². The highest BCUT2D eigenvalue weighted by Crippen LogP contribution is 2.36. The van der Waals surface area contributed by atoms with Gasteiger partial charge in [-0.15, -0.1) is 21.5 Å². The molecule has 3 heterocycles. The van der Waals surface area contributed by atoms with Crippen LogP contribution in [0.2, 0.25) is 0 Å². The Balaban J connectivity index is 1.72. The van der Waals surface area contributed by atoms with Gasteiger partial charge in [-0.25, -0.2) is 0 Å². The Morgan fingerprint density at radius 1 is 1.33 bits per heavy atom. The van der Waals surface area contributed by atoms with E-state index in [1.54, 1.807) is 22.0 Å². The molecule has 0 bridgehead atoms. The number of phenolic OH excluding ortho intramolecular Hbond substituents is 1. The largest absolute Gasteiger partial charge is 0.507 e. The lowest BCUT2D eigenvalue weighted by molar-refractivity contribution is 0.260. The van der Waals surface area contributed by atoms with Gasteiger partial charge < -0.3 is 15.3 Å². The number of likely N-dealkylation sites (tertiary alicyclic amines) is 1. The van der Waals surface area contributed by atoms with Crippen LogP contribution in [0.25, 0.3) is 21.3 Å². The molecule has 8 heteroatoms. The van der Waals surface area contributed by atoms with Crippen LogP contribution in [0.15, 0.2) is 28.4 Å². The molecule has 1 aromatic carbocycles. The monoisotopic (exact) mass is 385 g/mol. The first-order chi connectivity index (χ1) is 13.1. The number of fused-ring (bicyclic) bond motifs is 1. The molecule has 1 aliphatic rings. The maximum Gasteiger partial charge on any atom is 0.281 e. The third-order valence-corrected chi connectivity index (χ3v) is 5.97. The van der Waals surface area contributed by atoms with E-state index in [1.807, 2.05) is 24.4 Å². The van der Waals surface area contributed by atoms with E-state index < -0.39 is 0 Å². The number of nitrogens with zero attached hydrogens (tertiary/aromatic N) is 4. The van der Waals surface area contributed by atoms with Gasteiger partial charge in [0.25, 0.3) is 5.56 Å². The standard InChI is InChI=1S/C19H23N5O2S/c1-3-24-18(26)16(14-6-7-15-13(17(14)25)8-10-27-15)21-22-19(24)20-12-5-4-9-23(2)11-12/h6-8,10,12,25H,3-5,9,11H2,1-2H3,(H,20,22)/t12-/m1/s1. The van der Waals surface area contributed by atoms with E-state index in [0.29, 0.717) is 18.1 Å². The van der Waals surface area contributed by atoms with Crippen LogP contribution < -0.4 is 10.9 Å². The van der Waals surface area contributed by atoms with Crippen LogP contribution in [-0.4, -0.2) is 50.9 Å². The van der Waals surface area contributed by atoms with E-state index in [0.717, 1.165) is 36.0 Å². The number of thiophene rings is 1. The van der Waals surface area contributed by atoms with Gasteiger partial charge >= 0.3 is 0 Å². The topological polar surface area (TPSA) is 83.3 Å². The number of benzene rings is 1. The number of rotatable bonds is 4. The predicted molar refractivity (Wildman–Crippen MR) is 109 cm³/mol. The van der Waals surface area contributed by atoms with Crippen LogP contribution in [0.1, 0.15) is 19.8 Å². The fourth-order valence-corrected chi connectivity index (χ4v) is 4.46. The molecule has 1 atom stereocenters. The van der Waals surface area contributed by atoms with Gasteiger partial charge in [-0.3, -0.25) is 9.36 Å². The lowest BCUT2D eigenvalue weighted by atomic mass is 10.1. The molecule has 7 nitrogen and oxygen atoms in total. The van der Waals surface area contributed by atoms with Crippen LogP contribution in [0, 0.1) is 0 Å². The molecule has 0 unspecified atom stereocenters. The zero-order valence-corrected chi connectivity index (χ0v) is 16.3. The third-order valence-electron chi connectivity index (χ3n) is 5.08. The second-order valence-electron chi connectivity index (χ2n) is 6.96. The summed E-state index contributed by atoms with van der Waals surface area (Å²) in [6.07, 6.45) is 2.16. The van der Waals surface area contributed by atoms with Gasteiger partial charge in [0.2, 0.25) is 5.95 Å². The molecule has 1 saturated heterocycles. The van der Waals surface area contributed by atoms with Gasteiger partial charge in [-0.1, -0.05) is 0 Å². The average Bonchev–Trinajstić information content (AvgIpc) is 3.13. The van der Waals surface area contributed by atoms with E-state index in [1.165, 1.54) is 0 Å². The van der Waals surface area contributed by atoms with Gasteiger partial charge in [-0.2, -0.15) is 0 Å². The van der Waals surface area contributed by atoms with Crippen molar-refractivity contribution in [3.63, 3.8) is 0 Å². The first-order valence-corrected chi connectivity index (χ1v) is 10.1. The number of likely N-dealkylation sites (N-methyl/N-ethyl adjacent to an activating group) is 1. The molecular weight excluding hydrogens is 362 g/mol. The summed E-state index contributed by atoms with van der Waals surface area (Å²) in [6.45, 7) is 4.39. The number of nitrogens with one attached hydrogen (secondary N) is 1. The third kappa shape index (κ3) is 3.30. The molecule has 2 N–H and O–H groups in total. The van der Waals surface area contributed by atoms with Crippen molar-refractivity contribution in [2.24, 2.45) is 0 Å². The first-order valence-electron chi connectivity index (χ1n) is 9.20. The molecule has 0 spiro atoms. The smallest absolute Gasteiger partial charge is 0.281 e. The average molecular weight is 385 g/mol. The fourth-order valence-electron chi connectivity index (χ4n) is 3.67. The lowest BCUT2D eigenvalue weighted by Crippen LogP contribution is -2.41. The zero-order chi connectivity index (χ0) is 19.0. The number of anilines is 1. The molecule has 0 saturated carbocycles. The van der Waals surface area contributed by atoms with Crippen LogP contribution >= 0.6 is 11.3 Å². The molecule has 0 amide bonds. The van der Waals surface area contributed by atoms with Crippen molar-refractivity contribution in [2.75, 3.05) is 25.5 Å². The Bertz CT molecular complexity index is 1030. The van der Waals surface area contributed by atoms with Crippen LogP contribution in [0.4, 0.5) is 5.95 Å². The summed E-state index contributed by atoms with van der Waals surface area (Å²) in [5.41, 5.74) is 0.349. The summed E-state index contributed by atoms with van der Waals surface area (Å²) in [7, 11) is 2.10. The highest BCUT2D eigenvalue weighted by Gasteiger charge is 2.21. The molecule has 0 aliphatic carbocycles. The highest BCUT2D eigenvalue weighted by atomic mass is 32.1. The molecule has 142 valence electrons. The highest BCUT2D eigenvalue weighted by molar-refractivity contribution is 7.17. The van der Waals surface area contributed by atoms with E-state index >= 15 is 0 Å². The van der Waals surface area contributed by atoms with Crippen molar-refractivity contribution in [3.05, 3.63) is 33.9 Å². The number of piperidine rings is 1. The minimum Gasteiger partial charge on any atom is -0.507 e. The maximum absolute atomic E-state index is 13.1. The minimum absolute atomic E-state index is 0.0809. The Kier molecular flexibility index (Phi) is 4.84. The summed E-state index contributed by atoms with van der Waals surface area (Å²) in [5, 5.41) is 25.1. The normalized spacial score (nSPS) is 18.1. The molecular formula is C19H23N5O2S. The van der Waals surface area contributed by atoms with Gasteiger partial charge in [0.1, 0.15) is 5.75 Å². The maximum atomic E-state index is 13.1. The number of aromatic hydroxyl groups is 1. The molecule has 0 radical (unpaired) electrons.